The van der Waals surface area contributed by atoms with E-state index in [1.807, 2.05) is 30.5 Å². The Morgan fingerprint density at radius 2 is 2.09 bits per heavy atom. The molecule has 122 valence electrons. The Kier molecular flexibility index (Phi) is 6.29. The highest BCUT2D eigenvalue weighted by atomic mass is 79.9. The molecule has 1 heterocycles. The molecule has 5 nitrogen and oxygen atoms in total. The van der Waals surface area contributed by atoms with E-state index in [9.17, 15) is 9.59 Å². The average molecular weight is 398 g/mol. The third-order valence-corrected chi connectivity index (χ3v) is 4.25. The highest BCUT2D eigenvalue weighted by Crippen LogP contribution is 2.21. The van der Waals surface area contributed by atoms with Crippen LogP contribution < -0.4 is 0 Å². The maximum atomic E-state index is 12.6. The minimum absolute atomic E-state index is 0.115. The molecule has 0 unspecified atom stereocenters. The normalized spacial score (nSPS) is 10.5. The standard InChI is InChI=1S/C16H16BrNO4S/c1-23-15-6-5-13(22-15)16(21)18(8-7-14(19)20)10-11-3-2-4-12(17)9-11/h2-6,9H,7-8,10H2,1H3,(H,19,20). The number of hydrogen-bond acceptors (Lipinski definition) is 4. The second kappa shape index (κ2) is 8.21. The largest absolute Gasteiger partial charge is 0.481 e. The van der Waals surface area contributed by atoms with Crippen molar-refractivity contribution in [2.45, 2.75) is 18.1 Å². The van der Waals surface area contributed by atoms with Crippen LogP contribution in [0.25, 0.3) is 0 Å². The van der Waals surface area contributed by atoms with Gasteiger partial charge in [0, 0.05) is 17.6 Å². The van der Waals surface area contributed by atoms with Gasteiger partial charge in [-0.1, -0.05) is 39.8 Å². The lowest BCUT2D eigenvalue weighted by molar-refractivity contribution is -0.137. The zero-order valence-electron chi connectivity index (χ0n) is 12.5. The van der Waals surface area contributed by atoms with E-state index in [1.54, 1.807) is 12.1 Å². The summed E-state index contributed by atoms with van der Waals surface area (Å²) in [6, 6.07) is 10.9. The molecule has 0 saturated heterocycles. The minimum Gasteiger partial charge on any atom is -0.481 e. The lowest BCUT2D eigenvalue weighted by atomic mass is 10.2. The second-order valence-corrected chi connectivity index (χ2v) is 6.55. The van der Waals surface area contributed by atoms with E-state index in [2.05, 4.69) is 15.9 Å². The number of halogens is 1. The quantitative estimate of drug-likeness (QED) is 0.717. The van der Waals surface area contributed by atoms with E-state index >= 15 is 0 Å². The van der Waals surface area contributed by atoms with E-state index in [-0.39, 0.29) is 24.6 Å². The third kappa shape index (κ3) is 5.14. The summed E-state index contributed by atoms with van der Waals surface area (Å²) in [5, 5.41) is 9.54. The van der Waals surface area contributed by atoms with Crippen LogP contribution in [0.1, 0.15) is 22.5 Å². The molecule has 1 aromatic carbocycles. The van der Waals surface area contributed by atoms with Crippen molar-refractivity contribution in [3.63, 3.8) is 0 Å². The van der Waals surface area contributed by atoms with Crippen molar-refractivity contribution in [1.82, 2.24) is 4.90 Å². The smallest absolute Gasteiger partial charge is 0.305 e. The van der Waals surface area contributed by atoms with Gasteiger partial charge in [-0.2, -0.15) is 0 Å². The van der Waals surface area contributed by atoms with Crippen LogP contribution >= 0.6 is 27.7 Å². The molecule has 1 N–H and O–H groups in total. The fourth-order valence-electron chi connectivity index (χ4n) is 2.04. The number of carbonyl (C=O) groups is 2. The summed E-state index contributed by atoms with van der Waals surface area (Å²) in [5.41, 5.74) is 0.912. The van der Waals surface area contributed by atoms with Crippen LogP contribution in [-0.2, 0) is 11.3 Å². The number of rotatable bonds is 7. The number of furan rings is 1. The summed E-state index contributed by atoms with van der Waals surface area (Å²) >= 11 is 4.80. The van der Waals surface area contributed by atoms with E-state index in [1.165, 1.54) is 16.7 Å². The van der Waals surface area contributed by atoms with Crippen LogP contribution in [0, 0.1) is 0 Å². The molecule has 0 aliphatic carbocycles. The summed E-state index contributed by atoms with van der Waals surface area (Å²) in [7, 11) is 0. The highest BCUT2D eigenvalue weighted by Gasteiger charge is 2.20. The number of benzene rings is 1. The topological polar surface area (TPSA) is 70.8 Å². The molecule has 2 rings (SSSR count). The minimum atomic E-state index is -0.943. The molecule has 0 radical (unpaired) electrons. The van der Waals surface area contributed by atoms with Gasteiger partial charge in [-0.3, -0.25) is 9.59 Å². The SMILES string of the molecule is CSc1ccc(C(=O)N(CCC(=O)O)Cc2cccc(Br)c2)o1. The maximum Gasteiger partial charge on any atom is 0.305 e. The van der Waals surface area contributed by atoms with Gasteiger partial charge >= 0.3 is 5.97 Å². The Bertz CT molecular complexity index is 701. The number of carbonyl (C=O) groups excluding carboxylic acids is 1. The average Bonchev–Trinajstić information content (AvgIpc) is 2.99. The lowest BCUT2D eigenvalue weighted by Crippen LogP contribution is -2.32. The van der Waals surface area contributed by atoms with Gasteiger partial charge in [0.05, 0.1) is 6.42 Å². The molecule has 7 heteroatoms. The van der Waals surface area contributed by atoms with Gasteiger partial charge in [-0.05, 0) is 36.1 Å². The monoisotopic (exact) mass is 397 g/mol. The fourth-order valence-corrected chi connectivity index (χ4v) is 2.86. The van der Waals surface area contributed by atoms with Gasteiger partial charge in [0.15, 0.2) is 10.9 Å². The van der Waals surface area contributed by atoms with Crippen molar-refractivity contribution in [3.8, 4) is 0 Å². The van der Waals surface area contributed by atoms with Gasteiger partial charge in [0.1, 0.15) is 0 Å². The van der Waals surface area contributed by atoms with Gasteiger partial charge in [-0.15, -0.1) is 0 Å². The molecule has 0 saturated carbocycles. The Morgan fingerprint density at radius 3 is 2.70 bits per heavy atom. The Hall–Kier alpha value is -1.73. The van der Waals surface area contributed by atoms with E-state index in [0.717, 1.165) is 10.0 Å². The van der Waals surface area contributed by atoms with Crippen LogP contribution in [0.15, 0.2) is 50.4 Å². The summed E-state index contributed by atoms with van der Waals surface area (Å²) in [6.45, 7) is 0.441. The number of hydrogen-bond donors (Lipinski definition) is 1. The van der Waals surface area contributed by atoms with Gasteiger partial charge in [-0.25, -0.2) is 0 Å². The van der Waals surface area contributed by atoms with E-state index < -0.39 is 5.97 Å². The predicted octanol–water partition coefficient (Wildman–Crippen LogP) is 3.88. The molecule has 0 atom stereocenters. The molecule has 0 fully saturated rings. The van der Waals surface area contributed by atoms with Crippen molar-refractivity contribution in [2.24, 2.45) is 0 Å². The number of amides is 1. The highest BCUT2D eigenvalue weighted by molar-refractivity contribution is 9.10. The number of carboxylic acid groups (broad SMARTS) is 1. The van der Waals surface area contributed by atoms with Gasteiger partial charge in [0.25, 0.3) is 5.91 Å². The molecular weight excluding hydrogens is 382 g/mol. The fraction of sp³-hybridized carbons (Fsp3) is 0.250. The summed E-state index contributed by atoms with van der Waals surface area (Å²) < 4.78 is 6.36. The van der Waals surface area contributed by atoms with E-state index in [0.29, 0.717) is 11.6 Å². The first-order valence-electron chi connectivity index (χ1n) is 6.89. The van der Waals surface area contributed by atoms with Crippen molar-refractivity contribution in [1.29, 1.82) is 0 Å². The summed E-state index contributed by atoms with van der Waals surface area (Å²) in [6.07, 6.45) is 1.74. The first-order valence-corrected chi connectivity index (χ1v) is 8.90. The zero-order chi connectivity index (χ0) is 16.8. The molecule has 0 bridgehead atoms. The molecule has 0 spiro atoms. The summed E-state index contributed by atoms with van der Waals surface area (Å²) in [4.78, 5) is 24.9. The molecular formula is C16H16BrNO4S. The third-order valence-electron chi connectivity index (χ3n) is 3.14. The van der Waals surface area contributed by atoms with Crippen LogP contribution in [0.2, 0.25) is 0 Å². The predicted molar refractivity (Wildman–Crippen MR) is 91.6 cm³/mol. The molecule has 23 heavy (non-hydrogen) atoms. The Morgan fingerprint density at radius 1 is 1.30 bits per heavy atom. The van der Waals surface area contributed by atoms with Crippen LogP contribution in [-0.4, -0.2) is 34.7 Å². The molecule has 1 aromatic heterocycles. The van der Waals surface area contributed by atoms with Gasteiger partial charge in [0.2, 0.25) is 0 Å². The second-order valence-electron chi connectivity index (χ2n) is 4.82. The lowest BCUT2D eigenvalue weighted by Gasteiger charge is -2.21. The first kappa shape index (κ1) is 17.6. The van der Waals surface area contributed by atoms with Crippen molar-refractivity contribution in [3.05, 3.63) is 52.2 Å². The first-order chi connectivity index (χ1) is 11.0. The number of carboxylic acids is 1. The number of nitrogens with zero attached hydrogens (tertiary/aromatic N) is 1. The number of aliphatic carboxylic acids is 1. The Balaban J connectivity index is 2.18. The molecule has 1 amide bonds. The van der Waals surface area contributed by atoms with Crippen LogP contribution in [0.5, 0.6) is 0 Å². The van der Waals surface area contributed by atoms with Gasteiger partial charge < -0.3 is 14.4 Å². The summed E-state index contributed by atoms with van der Waals surface area (Å²) in [5.74, 6) is -1.04. The molecule has 2 aromatic rings. The zero-order valence-corrected chi connectivity index (χ0v) is 14.9. The van der Waals surface area contributed by atoms with Crippen LogP contribution in [0.4, 0.5) is 0 Å². The maximum absolute atomic E-state index is 12.6. The van der Waals surface area contributed by atoms with Crippen molar-refractivity contribution >= 4 is 39.6 Å². The molecule has 0 aliphatic rings. The van der Waals surface area contributed by atoms with Crippen molar-refractivity contribution in [2.75, 3.05) is 12.8 Å². The van der Waals surface area contributed by atoms with Crippen molar-refractivity contribution < 1.29 is 19.1 Å². The van der Waals surface area contributed by atoms with Crippen LogP contribution in [0.3, 0.4) is 0 Å². The Labute approximate surface area is 146 Å². The molecule has 0 aliphatic heterocycles. The number of thioether (sulfide) groups is 1. The van der Waals surface area contributed by atoms with E-state index in [4.69, 9.17) is 9.52 Å².